The van der Waals surface area contributed by atoms with Crippen LogP contribution in [0.1, 0.15) is 42.7 Å². The zero-order valence-electron chi connectivity index (χ0n) is 20.3. The number of hydrogen-bond donors (Lipinski definition) is 2. The molecule has 4 aromatic rings. The number of nitrogens with one attached hydrogen (secondary N) is 1. The molecule has 5 rings (SSSR count). The van der Waals surface area contributed by atoms with Crippen molar-refractivity contribution < 1.29 is 9.52 Å². The summed E-state index contributed by atoms with van der Waals surface area (Å²) in [7, 11) is 0. The maximum Gasteiger partial charge on any atom is 0.343 e. The van der Waals surface area contributed by atoms with E-state index in [0.717, 1.165) is 43.0 Å². The number of anilines is 1. The van der Waals surface area contributed by atoms with Crippen molar-refractivity contribution in [3.05, 3.63) is 106 Å². The molecule has 1 atom stereocenters. The van der Waals surface area contributed by atoms with Crippen LogP contribution in [-0.4, -0.2) is 35.4 Å². The third kappa shape index (κ3) is 5.50. The van der Waals surface area contributed by atoms with Gasteiger partial charge in [-0.15, -0.1) is 0 Å². The largest absolute Gasteiger partial charge is 0.507 e. The van der Waals surface area contributed by atoms with Crippen LogP contribution in [0.2, 0.25) is 0 Å². The lowest BCUT2D eigenvalue weighted by Gasteiger charge is -2.21. The number of benzene rings is 3. The van der Waals surface area contributed by atoms with Crippen molar-refractivity contribution in [1.29, 1.82) is 0 Å². The van der Waals surface area contributed by atoms with E-state index in [1.807, 2.05) is 66.7 Å². The smallest absolute Gasteiger partial charge is 0.343 e. The molecule has 184 valence electrons. The molecule has 0 radical (unpaired) electrons. The van der Waals surface area contributed by atoms with Crippen LogP contribution in [0.25, 0.3) is 11.0 Å². The van der Waals surface area contributed by atoms with E-state index in [9.17, 15) is 9.90 Å². The average Bonchev–Trinajstić information content (AvgIpc) is 3.44. The number of rotatable bonds is 9. The fourth-order valence-electron chi connectivity index (χ4n) is 4.92. The fourth-order valence-corrected chi connectivity index (χ4v) is 4.92. The lowest BCUT2D eigenvalue weighted by atomic mass is 9.86. The second kappa shape index (κ2) is 11.2. The van der Waals surface area contributed by atoms with Gasteiger partial charge < -0.3 is 14.4 Å². The molecule has 1 saturated heterocycles. The number of hydrazone groups is 1. The summed E-state index contributed by atoms with van der Waals surface area (Å²) in [6.45, 7) is 3.13. The molecule has 3 aromatic carbocycles. The number of hydrogen-bond acceptors (Lipinski definition) is 6. The van der Waals surface area contributed by atoms with Crippen LogP contribution in [0, 0.1) is 0 Å². The summed E-state index contributed by atoms with van der Waals surface area (Å²) in [5, 5.41) is 16.6. The second-order valence-corrected chi connectivity index (χ2v) is 9.27. The van der Waals surface area contributed by atoms with E-state index in [2.05, 4.69) is 10.3 Å². The van der Waals surface area contributed by atoms with Crippen LogP contribution in [0.15, 0.2) is 99.2 Å². The van der Waals surface area contributed by atoms with Gasteiger partial charge in [0.1, 0.15) is 11.3 Å². The van der Waals surface area contributed by atoms with Gasteiger partial charge in [0.15, 0.2) is 0 Å². The average molecular weight is 482 g/mol. The Balaban J connectivity index is 1.53. The molecule has 1 aromatic heterocycles. The Kier molecular flexibility index (Phi) is 7.43. The van der Waals surface area contributed by atoms with E-state index in [1.165, 1.54) is 12.8 Å². The Labute approximate surface area is 210 Å². The van der Waals surface area contributed by atoms with Gasteiger partial charge in [-0.05, 0) is 62.2 Å². The molecule has 0 bridgehead atoms. The molecule has 1 aliphatic rings. The molecule has 6 nitrogen and oxygen atoms in total. The molecule has 1 aliphatic heterocycles. The van der Waals surface area contributed by atoms with Crippen LogP contribution in [0.3, 0.4) is 0 Å². The summed E-state index contributed by atoms with van der Waals surface area (Å²) in [6.07, 6.45) is 3.71. The summed E-state index contributed by atoms with van der Waals surface area (Å²) in [5.41, 5.74) is 6.10. The summed E-state index contributed by atoms with van der Waals surface area (Å²) in [6, 6.07) is 26.8. The first-order chi connectivity index (χ1) is 17.7. The highest BCUT2D eigenvalue weighted by Crippen LogP contribution is 2.36. The van der Waals surface area contributed by atoms with Crippen LogP contribution < -0.4 is 11.1 Å². The lowest BCUT2D eigenvalue weighted by molar-refractivity contribution is 0.349. The third-order valence-electron chi connectivity index (χ3n) is 6.84. The zero-order valence-corrected chi connectivity index (χ0v) is 20.3. The summed E-state index contributed by atoms with van der Waals surface area (Å²) < 4.78 is 5.65. The highest BCUT2D eigenvalue weighted by atomic mass is 16.4. The molecule has 36 heavy (non-hydrogen) atoms. The Morgan fingerprint density at radius 1 is 0.944 bits per heavy atom. The van der Waals surface area contributed by atoms with Crippen LogP contribution in [-0.2, 0) is 0 Å². The molecule has 6 heteroatoms. The number of fused-ring (bicyclic) bond motifs is 1. The van der Waals surface area contributed by atoms with E-state index >= 15 is 0 Å². The van der Waals surface area contributed by atoms with E-state index < -0.39 is 11.5 Å². The minimum Gasteiger partial charge on any atom is -0.507 e. The quantitative estimate of drug-likeness (QED) is 0.175. The minimum absolute atomic E-state index is 0.0226. The van der Waals surface area contributed by atoms with E-state index in [0.29, 0.717) is 17.4 Å². The Bertz CT molecular complexity index is 1380. The van der Waals surface area contributed by atoms with Crippen molar-refractivity contribution in [3.63, 3.8) is 0 Å². The molecule has 0 aliphatic carbocycles. The van der Waals surface area contributed by atoms with Gasteiger partial charge in [-0.1, -0.05) is 60.7 Å². The van der Waals surface area contributed by atoms with Crippen LogP contribution >= 0.6 is 0 Å². The van der Waals surface area contributed by atoms with Crippen LogP contribution in [0.4, 0.5) is 5.69 Å². The molecular weight excluding hydrogens is 450 g/mol. The summed E-state index contributed by atoms with van der Waals surface area (Å²) in [5.74, 6) is -0.424. The second-order valence-electron chi connectivity index (χ2n) is 9.27. The zero-order chi connectivity index (χ0) is 24.7. The van der Waals surface area contributed by atoms with Crippen molar-refractivity contribution >= 4 is 22.4 Å². The molecule has 1 fully saturated rings. The fraction of sp³-hybridized carbons (Fsp3) is 0.267. The Morgan fingerprint density at radius 3 is 2.36 bits per heavy atom. The highest BCUT2D eigenvalue weighted by molar-refractivity contribution is 5.88. The Hall–Kier alpha value is -3.90. The molecule has 0 spiro atoms. The normalized spacial score (nSPS) is 15.3. The maximum absolute atomic E-state index is 13.2. The molecule has 0 amide bonds. The predicted octanol–water partition coefficient (Wildman–Crippen LogP) is 5.97. The molecule has 2 N–H and O–H groups in total. The SMILES string of the molecule is O=c1oc2ccccc2c(O)c1C(C/C(CCN1CCCC1)=N\Nc1ccccc1)c1ccccc1. The topological polar surface area (TPSA) is 78.1 Å². The standard InChI is InChI=1S/C30H31N3O3/c34-29-25-15-7-8-16-27(25)36-30(35)28(29)26(22-11-3-1-4-12-22)21-24(17-20-33-18-9-10-19-33)32-31-23-13-5-2-6-14-23/h1-8,11-16,26,31,34H,9-10,17-21H2/b32-24-. The molecule has 2 heterocycles. The van der Waals surface area contributed by atoms with E-state index in [-0.39, 0.29) is 11.3 Å². The van der Waals surface area contributed by atoms with Crippen molar-refractivity contribution in [2.45, 2.75) is 31.6 Å². The van der Waals surface area contributed by atoms with Gasteiger partial charge in [-0.2, -0.15) is 5.10 Å². The summed E-state index contributed by atoms with van der Waals surface area (Å²) >= 11 is 0. The Morgan fingerprint density at radius 2 is 1.61 bits per heavy atom. The maximum atomic E-state index is 13.2. The number of para-hydroxylation sites is 2. The number of nitrogens with zero attached hydrogens (tertiary/aromatic N) is 2. The van der Waals surface area contributed by atoms with Gasteiger partial charge in [0, 0.05) is 24.6 Å². The van der Waals surface area contributed by atoms with Gasteiger partial charge in [-0.3, -0.25) is 5.43 Å². The minimum atomic E-state index is -0.519. The first kappa shape index (κ1) is 23.8. The highest BCUT2D eigenvalue weighted by Gasteiger charge is 2.26. The first-order valence-electron chi connectivity index (χ1n) is 12.6. The van der Waals surface area contributed by atoms with E-state index in [4.69, 9.17) is 9.52 Å². The molecule has 1 unspecified atom stereocenters. The molecule has 0 saturated carbocycles. The third-order valence-corrected chi connectivity index (χ3v) is 6.84. The predicted molar refractivity (Wildman–Crippen MR) is 145 cm³/mol. The van der Waals surface area contributed by atoms with Crippen molar-refractivity contribution in [2.75, 3.05) is 25.1 Å². The van der Waals surface area contributed by atoms with Crippen molar-refractivity contribution in [3.8, 4) is 5.75 Å². The lowest BCUT2D eigenvalue weighted by Crippen LogP contribution is -2.24. The van der Waals surface area contributed by atoms with Crippen LogP contribution in [0.5, 0.6) is 5.75 Å². The summed E-state index contributed by atoms with van der Waals surface area (Å²) in [4.78, 5) is 15.7. The van der Waals surface area contributed by atoms with Crippen molar-refractivity contribution in [2.24, 2.45) is 5.10 Å². The van der Waals surface area contributed by atoms with Gasteiger partial charge >= 0.3 is 5.63 Å². The van der Waals surface area contributed by atoms with Gasteiger partial charge in [0.25, 0.3) is 0 Å². The monoisotopic (exact) mass is 481 g/mol. The van der Waals surface area contributed by atoms with Crippen molar-refractivity contribution in [1.82, 2.24) is 4.90 Å². The first-order valence-corrected chi connectivity index (χ1v) is 12.6. The number of aromatic hydroxyl groups is 1. The van der Waals surface area contributed by atoms with Gasteiger partial charge in [0.2, 0.25) is 0 Å². The van der Waals surface area contributed by atoms with Gasteiger partial charge in [0.05, 0.1) is 16.6 Å². The van der Waals surface area contributed by atoms with Gasteiger partial charge in [-0.25, -0.2) is 4.79 Å². The number of likely N-dealkylation sites (tertiary alicyclic amines) is 1. The van der Waals surface area contributed by atoms with E-state index in [1.54, 1.807) is 18.2 Å². The molecular formula is C30H31N3O3.